The molecule has 0 saturated heterocycles. The fourth-order valence-electron chi connectivity index (χ4n) is 1.34. The minimum absolute atomic E-state index is 0.123. The van der Waals surface area contributed by atoms with Gasteiger partial charge in [0, 0.05) is 14.1 Å². The highest BCUT2D eigenvalue weighted by molar-refractivity contribution is 6.29. The molecule has 0 unspecified atom stereocenters. The van der Waals surface area contributed by atoms with E-state index in [-0.39, 0.29) is 16.9 Å². The molecule has 0 saturated carbocycles. The van der Waals surface area contributed by atoms with Crippen molar-refractivity contribution in [3.05, 3.63) is 20.8 Å². The Morgan fingerprint density at radius 2 is 1.93 bits per heavy atom. The molecule has 1 N–H and O–H groups in total. The maximum absolute atomic E-state index is 11.5. The molecule has 0 aliphatic carbocycles. The Morgan fingerprint density at radius 1 is 1.29 bits per heavy atom. The molecular weight excluding hydrogens is 183 g/mol. The first-order valence-corrected chi connectivity index (χ1v) is 3.93. The number of nitrogens with one attached hydrogen (secondary N) is 1. The lowest BCUT2D eigenvalue weighted by molar-refractivity contribution is 0.709. The minimum atomic E-state index is -0.424. The van der Waals surface area contributed by atoms with E-state index in [4.69, 9.17) is 7.85 Å². The van der Waals surface area contributed by atoms with Crippen molar-refractivity contribution < 1.29 is 0 Å². The molecule has 0 spiro atoms. The van der Waals surface area contributed by atoms with Crippen molar-refractivity contribution in [1.29, 1.82) is 0 Å². The van der Waals surface area contributed by atoms with Gasteiger partial charge in [-0.2, -0.15) is 0 Å². The Kier molecular flexibility index (Phi) is 1.63. The summed E-state index contributed by atoms with van der Waals surface area (Å²) < 4.78 is 2.27. The molecule has 6 nitrogen and oxygen atoms in total. The number of hydrogen-bond acceptors (Lipinski definition) is 3. The predicted octanol–water partition coefficient (Wildman–Crippen LogP) is -2.25. The summed E-state index contributed by atoms with van der Waals surface area (Å²) in [5.41, 5.74) is -0.206. The van der Waals surface area contributed by atoms with Crippen LogP contribution in [0.15, 0.2) is 9.59 Å². The molecule has 2 rings (SSSR count). The van der Waals surface area contributed by atoms with E-state index in [9.17, 15) is 9.59 Å². The SMILES string of the molecule is [B]c1nc2c([nH]1)c(=O)n(C)c(=O)n2C. The number of hydrogen-bond donors (Lipinski definition) is 1. The molecular formula is C7H7BN4O2. The molecule has 0 aliphatic heterocycles. The van der Waals surface area contributed by atoms with Gasteiger partial charge in [-0.25, -0.2) is 9.78 Å². The van der Waals surface area contributed by atoms with Crippen LogP contribution in [0.2, 0.25) is 0 Å². The van der Waals surface area contributed by atoms with Crippen LogP contribution in [0.1, 0.15) is 0 Å². The van der Waals surface area contributed by atoms with Crippen LogP contribution in [-0.2, 0) is 14.1 Å². The van der Waals surface area contributed by atoms with Crippen molar-refractivity contribution in [2.24, 2.45) is 14.1 Å². The first-order valence-electron chi connectivity index (χ1n) is 3.93. The quantitative estimate of drug-likeness (QED) is 0.477. The molecule has 7 heteroatoms. The lowest BCUT2D eigenvalue weighted by Gasteiger charge is -2.00. The fourth-order valence-corrected chi connectivity index (χ4v) is 1.34. The van der Waals surface area contributed by atoms with Crippen molar-refractivity contribution in [2.45, 2.75) is 0 Å². The first kappa shape index (κ1) is 8.80. The van der Waals surface area contributed by atoms with E-state index in [2.05, 4.69) is 9.97 Å². The summed E-state index contributed by atoms with van der Waals surface area (Å²) in [6, 6.07) is 0. The summed E-state index contributed by atoms with van der Waals surface area (Å²) in [4.78, 5) is 29.4. The van der Waals surface area contributed by atoms with Gasteiger partial charge in [-0.05, 0) is 0 Å². The summed E-state index contributed by atoms with van der Waals surface area (Å²) in [5, 5.41) is 0. The molecule has 2 aromatic heterocycles. The number of nitrogens with zero attached hydrogens (tertiary/aromatic N) is 3. The number of aryl methyl sites for hydroxylation is 1. The number of rotatable bonds is 0. The maximum Gasteiger partial charge on any atom is 0.332 e. The summed E-state index contributed by atoms with van der Waals surface area (Å²) >= 11 is 0. The summed E-state index contributed by atoms with van der Waals surface area (Å²) in [7, 11) is 8.33. The monoisotopic (exact) mass is 190 g/mol. The molecule has 0 fully saturated rings. The van der Waals surface area contributed by atoms with Crippen LogP contribution < -0.4 is 17.0 Å². The van der Waals surface area contributed by atoms with Crippen molar-refractivity contribution in [2.75, 3.05) is 0 Å². The smallest absolute Gasteiger partial charge is 0.332 e. The average Bonchev–Trinajstić information content (AvgIpc) is 2.54. The van der Waals surface area contributed by atoms with Gasteiger partial charge in [0.05, 0.1) is 5.72 Å². The molecule has 0 amide bonds. The highest BCUT2D eigenvalue weighted by Crippen LogP contribution is 1.95. The second-order valence-corrected chi connectivity index (χ2v) is 3.03. The highest BCUT2D eigenvalue weighted by Gasteiger charge is 2.10. The van der Waals surface area contributed by atoms with E-state index in [1.165, 1.54) is 18.7 Å². The lowest BCUT2D eigenvalue weighted by atomic mass is 10.1. The van der Waals surface area contributed by atoms with E-state index >= 15 is 0 Å². The molecule has 0 bridgehead atoms. The molecule has 0 aliphatic rings. The van der Waals surface area contributed by atoms with E-state index in [0.717, 1.165) is 4.57 Å². The van der Waals surface area contributed by atoms with Crippen LogP contribution in [-0.4, -0.2) is 26.9 Å². The Hall–Kier alpha value is -1.79. The van der Waals surface area contributed by atoms with Gasteiger partial charge in [-0.15, -0.1) is 0 Å². The standard InChI is InChI=1S/C7H7BN4O2/c1-11-4-3(9-6(8)10-4)5(13)12(2)7(11)14/h1-2H3,(H,9,10). The third kappa shape index (κ3) is 0.950. The van der Waals surface area contributed by atoms with E-state index in [0.29, 0.717) is 0 Å². The second kappa shape index (κ2) is 2.60. The number of aromatic amines is 1. The van der Waals surface area contributed by atoms with E-state index in [1.807, 2.05) is 0 Å². The second-order valence-electron chi connectivity index (χ2n) is 3.03. The van der Waals surface area contributed by atoms with Crippen LogP contribution in [0, 0.1) is 0 Å². The van der Waals surface area contributed by atoms with Gasteiger partial charge in [0.15, 0.2) is 13.5 Å². The van der Waals surface area contributed by atoms with Gasteiger partial charge < -0.3 is 4.98 Å². The van der Waals surface area contributed by atoms with Gasteiger partial charge >= 0.3 is 5.69 Å². The fraction of sp³-hybridized carbons (Fsp3) is 0.286. The predicted molar refractivity (Wildman–Crippen MR) is 52.0 cm³/mol. The highest BCUT2D eigenvalue weighted by atomic mass is 16.2. The Balaban J connectivity index is 3.17. The number of H-pyrrole nitrogens is 1. The summed E-state index contributed by atoms with van der Waals surface area (Å²) in [6.07, 6.45) is 0. The number of imidazole rings is 1. The average molecular weight is 190 g/mol. The van der Waals surface area contributed by atoms with Gasteiger partial charge in [-0.1, -0.05) is 0 Å². The topological polar surface area (TPSA) is 72.7 Å². The third-order valence-corrected chi connectivity index (χ3v) is 2.11. The molecule has 70 valence electrons. The molecule has 2 radical (unpaired) electrons. The van der Waals surface area contributed by atoms with Crippen molar-refractivity contribution in [1.82, 2.24) is 19.1 Å². The maximum atomic E-state index is 11.5. The Morgan fingerprint density at radius 3 is 2.57 bits per heavy atom. The molecule has 2 aromatic rings. The van der Waals surface area contributed by atoms with Crippen LogP contribution in [0.3, 0.4) is 0 Å². The Bertz CT molecular complexity index is 621. The number of aromatic nitrogens is 4. The normalized spacial score (nSPS) is 11.0. The van der Waals surface area contributed by atoms with Crippen molar-refractivity contribution in [3.8, 4) is 0 Å². The largest absolute Gasteiger partial charge is 0.345 e. The number of fused-ring (bicyclic) bond motifs is 1. The lowest BCUT2D eigenvalue weighted by Crippen LogP contribution is -2.36. The minimum Gasteiger partial charge on any atom is -0.345 e. The molecule has 14 heavy (non-hydrogen) atoms. The van der Waals surface area contributed by atoms with Gasteiger partial charge in [0.2, 0.25) is 0 Å². The first-order chi connectivity index (χ1) is 6.52. The van der Waals surface area contributed by atoms with Crippen molar-refractivity contribution in [3.63, 3.8) is 0 Å². The zero-order valence-corrected chi connectivity index (χ0v) is 7.74. The van der Waals surface area contributed by atoms with Crippen molar-refractivity contribution >= 4 is 24.7 Å². The van der Waals surface area contributed by atoms with Crippen LogP contribution in [0.25, 0.3) is 11.2 Å². The van der Waals surface area contributed by atoms with Crippen LogP contribution >= 0.6 is 0 Å². The zero-order valence-electron chi connectivity index (χ0n) is 7.74. The zero-order chi connectivity index (χ0) is 10.5. The molecule has 0 aromatic carbocycles. The van der Waals surface area contributed by atoms with E-state index < -0.39 is 11.2 Å². The third-order valence-electron chi connectivity index (χ3n) is 2.11. The van der Waals surface area contributed by atoms with Gasteiger partial charge in [0.1, 0.15) is 5.52 Å². The Labute approximate surface area is 79.6 Å². The van der Waals surface area contributed by atoms with E-state index in [1.54, 1.807) is 0 Å². The molecule has 0 atom stereocenters. The summed E-state index contributed by atoms with van der Waals surface area (Å²) in [5.74, 6) is 0. The van der Waals surface area contributed by atoms with Crippen LogP contribution in [0.5, 0.6) is 0 Å². The van der Waals surface area contributed by atoms with Gasteiger partial charge in [-0.3, -0.25) is 13.9 Å². The summed E-state index contributed by atoms with van der Waals surface area (Å²) in [6.45, 7) is 0. The van der Waals surface area contributed by atoms with Crippen LogP contribution in [0.4, 0.5) is 0 Å². The van der Waals surface area contributed by atoms with Gasteiger partial charge in [0.25, 0.3) is 5.56 Å². The molecule has 2 heterocycles.